The molecule has 0 unspecified atom stereocenters. The first kappa shape index (κ1) is 15.5. The van der Waals surface area contributed by atoms with Crippen molar-refractivity contribution < 1.29 is 14.3 Å². The van der Waals surface area contributed by atoms with Gasteiger partial charge in [0.05, 0.1) is 13.0 Å². The molecule has 5 nitrogen and oxygen atoms in total. The van der Waals surface area contributed by atoms with E-state index in [1.54, 1.807) is 31.5 Å². The maximum atomic E-state index is 12.6. The molecule has 0 saturated heterocycles. The summed E-state index contributed by atoms with van der Waals surface area (Å²) in [6.45, 7) is 2.58. The maximum absolute atomic E-state index is 12.6. The fourth-order valence-corrected chi connectivity index (χ4v) is 2.77. The summed E-state index contributed by atoms with van der Waals surface area (Å²) in [4.78, 5) is 30.0. The minimum absolute atomic E-state index is 0.0198. The lowest BCUT2D eigenvalue weighted by Crippen LogP contribution is -2.40. The van der Waals surface area contributed by atoms with Crippen LogP contribution in [0.1, 0.15) is 49.4 Å². The van der Waals surface area contributed by atoms with E-state index in [-0.39, 0.29) is 24.3 Å². The third kappa shape index (κ3) is 4.28. The zero-order valence-electron chi connectivity index (χ0n) is 12.5. The number of hydrogen-bond donors (Lipinski definition) is 0. The molecule has 1 aromatic rings. The predicted molar refractivity (Wildman–Crippen MR) is 78.8 cm³/mol. The number of aromatic nitrogens is 1. The highest BCUT2D eigenvalue weighted by atomic mass is 16.5. The second-order valence-electron chi connectivity index (χ2n) is 5.23. The van der Waals surface area contributed by atoms with Crippen LogP contribution in [0, 0.1) is 0 Å². The van der Waals surface area contributed by atoms with Crippen molar-refractivity contribution in [2.24, 2.45) is 0 Å². The predicted octanol–water partition coefficient (Wildman–Crippen LogP) is 2.42. The first-order valence-corrected chi connectivity index (χ1v) is 7.59. The van der Waals surface area contributed by atoms with Gasteiger partial charge >= 0.3 is 5.97 Å². The van der Waals surface area contributed by atoms with Crippen molar-refractivity contribution in [1.82, 2.24) is 9.88 Å². The van der Waals surface area contributed by atoms with Crippen LogP contribution >= 0.6 is 0 Å². The number of esters is 1. The standard InChI is InChI=1S/C16H22N2O3/c1-2-21-15(19)9-12-18(14-5-3-4-6-14)16(20)13-7-10-17-11-8-13/h7-8,10-11,14H,2-6,9,12H2,1H3. The molecule has 0 radical (unpaired) electrons. The Morgan fingerprint density at radius 1 is 1.29 bits per heavy atom. The molecule has 1 aliphatic rings. The number of hydrogen-bond acceptors (Lipinski definition) is 4. The molecular formula is C16H22N2O3. The topological polar surface area (TPSA) is 59.5 Å². The molecule has 1 aromatic heterocycles. The summed E-state index contributed by atoms with van der Waals surface area (Å²) < 4.78 is 4.95. The molecule has 1 amide bonds. The molecule has 5 heteroatoms. The lowest BCUT2D eigenvalue weighted by molar-refractivity contribution is -0.143. The minimum atomic E-state index is -0.247. The van der Waals surface area contributed by atoms with Gasteiger partial charge in [-0.3, -0.25) is 14.6 Å². The molecule has 1 heterocycles. The van der Waals surface area contributed by atoms with Crippen LogP contribution in [-0.2, 0) is 9.53 Å². The van der Waals surface area contributed by atoms with Gasteiger partial charge in [-0.2, -0.15) is 0 Å². The first-order valence-electron chi connectivity index (χ1n) is 7.59. The van der Waals surface area contributed by atoms with E-state index in [1.807, 2.05) is 4.90 Å². The van der Waals surface area contributed by atoms with Crippen LogP contribution in [0.25, 0.3) is 0 Å². The Bertz CT molecular complexity index is 470. The van der Waals surface area contributed by atoms with Crippen molar-refractivity contribution in [2.75, 3.05) is 13.2 Å². The monoisotopic (exact) mass is 290 g/mol. The summed E-state index contributed by atoms with van der Waals surface area (Å²) >= 11 is 0. The highest BCUT2D eigenvalue weighted by Gasteiger charge is 2.27. The molecule has 0 atom stereocenters. The van der Waals surface area contributed by atoms with Crippen LogP contribution in [0.5, 0.6) is 0 Å². The molecule has 0 aliphatic heterocycles. The van der Waals surface area contributed by atoms with E-state index in [0.717, 1.165) is 25.7 Å². The van der Waals surface area contributed by atoms with Crippen molar-refractivity contribution in [3.8, 4) is 0 Å². The van der Waals surface area contributed by atoms with E-state index < -0.39 is 0 Å². The zero-order valence-corrected chi connectivity index (χ0v) is 12.5. The quantitative estimate of drug-likeness (QED) is 0.755. The Balaban J connectivity index is 2.05. The molecule has 21 heavy (non-hydrogen) atoms. The van der Waals surface area contributed by atoms with Crippen molar-refractivity contribution in [1.29, 1.82) is 0 Å². The normalized spacial score (nSPS) is 14.9. The highest BCUT2D eigenvalue weighted by molar-refractivity contribution is 5.94. The first-order chi connectivity index (χ1) is 10.2. The number of nitrogens with zero attached hydrogens (tertiary/aromatic N) is 2. The fraction of sp³-hybridized carbons (Fsp3) is 0.562. The molecule has 114 valence electrons. The van der Waals surface area contributed by atoms with Gasteiger partial charge in [0.15, 0.2) is 0 Å². The van der Waals surface area contributed by atoms with Crippen molar-refractivity contribution in [3.05, 3.63) is 30.1 Å². The average molecular weight is 290 g/mol. The Morgan fingerprint density at radius 3 is 2.57 bits per heavy atom. The number of ether oxygens (including phenoxy) is 1. The molecule has 1 fully saturated rings. The molecule has 0 N–H and O–H groups in total. The van der Waals surface area contributed by atoms with Gasteiger partial charge in [0.2, 0.25) is 0 Å². The van der Waals surface area contributed by atoms with Gasteiger partial charge in [0.25, 0.3) is 5.91 Å². The second kappa shape index (κ2) is 7.76. The van der Waals surface area contributed by atoms with E-state index in [0.29, 0.717) is 18.7 Å². The number of pyridine rings is 1. The number of carbonyl (C=O) groups excluding carboxylic acids is 2. The van der Waals surface area contributed by atoms with E-state index in [1.165, 1.54) is 0 Å². The summed E-state index contributed by atoms with van der Waals surface area (Å²) in [6.07, 6.45) is 7.80. The molecular weight excluding hydrogens is 268 g/mol. The van der Waals surface area contributed by atoms with E-state index in [4.69, 9.17) is 4.74 Å². The largest absolute Gasteiger partial charge is 0.466 e. The fourth-order valence-electron chi connectivity index (χ4n) is 2.77. The van der Waals surface area contributed by atoms with Crippen molar-refractivity contribution in [2.45, 2.75) is 45.1 Å². The lowest BCUT2D eigenvalue weighted by atomic mass is 10.1. The lowest BCUT2D eigenvalue weighted by Gasteiger charge is -2.28. The van der Waals surface area contributed by atoms with Crippen LogP contribution in [0.3, 0.4) is 0 Å². The molecule has 0 aromatic carbocycles. The molecule has 1 saturated carbocycles. The Labute approximate surface area is 125 Å². The van der Waals surface area contributed by atoms with Gasteiger partial charge in [0.1, 0.15) is 0 Å². The average Bonchev–Trinajstić information content (AvgIpc) is 3.02. The van der Waals surface area contributed by atoms with Crippen molar-refractivity contribution >= 4 is 11.9 Å². The Morgan fingerprint density at radius 2 is 1.95 bits per heavy atom. The van der Waals surface area contributed by atoms with Gasteiger partial charge in [-0.25, -0.2) is 0 Å². The maximum Gasteiger partial charge on any atom is 0.307 e. The second-order valence-corrected chi connectivity index (χ2v) is 5.23. The highest BCUT2D eigenvalue weighted by Crippen LogP contribution is 2.25. The SMILES string of the molecule is CCOC(=O)CCN(C(=O)c1ccncc1)C1CCCC1. The van der Waals surface area contributed by atoms with E-state index >= 15 is 0 Å². The van der Waals surface area contributed by atoms with Gasteiger partial charge in [-0.05, 0) is 31.9 Å². The molecule has 1 aliphatic carbocycles. The van der Waals surface area contributed by atoms with Gasteiger partial charge in [0, 0.05) is 30.5 Å². The summed E-state index contributed by atoms with van der Waals surface area (Å²) in [5.41, 5.74) is 0.626. The van der Waals surface area contributed by atoms with Gasteiger partial charge in [-0.1, -0.05) is 12.8 Å². The molecule has 0 bridgehead atoms. The summed E-state index contributed by atoms with van der Waals surface area (Å²) in [6, 6.07) is 3.67. The van der Waals surface area contributed by atoms with Crippen LogP contribution in [0.15, 0.2) is 24.5 Å². The summed E-state index contributed by atoms with van der Waals surface area (Å²) in [5.74, 6) is -0.267. The molecule has 2 rings (SSSR count). The van der Waals surface area contributed by atoms with E-state index in [9.17, 15) is 9.59 Å². The number of rotatable bonds is 6. The Hall–Kier alpha value is -1.91. The zero-order chi connectivity index (χ0) is 15.1. The third-order valence-electron chi connectivity index (χ3n) is 3.82. The minimum Gasteiger partial charge on any atom is -0.466 e. The number of carbonyl (C=O) groups is 2. The number of amides is 1. The van der Waals surface area contributed by atoms with Crippen LogP contribution in [-0.4, -0.2) is 41.0 Å². The molecule has 0 spiro atoms. The van der Waals surface area contributed by atoms with Crippen LogP contribution < -0.4 is 0 Å². The summed E-state index contributed by atoms with van der Waals surface area (Å²) in [5, 5.41) is 0. The van der Waals surface area contributed by atoms with Gasteiger partial charge in [-0.15, -0.1) is 0 Å². The van der Waals surface area contributed by atoms with E-state index in [2.05, 4.69) is 4.98 Å². The smallest absolute Gasteiger partial charge is 0.307 e. The van der Waals surface area contributed by atoms with Crippen molar-refractivity contribution in [3.63, 3.8) is 0 Å². The summed E-state index contributed by atoms with van der Waals surface area (Å²) in [7, 11) is 0. The van der Waals surface area contributed by atoms with Gasteiger partial charge < -0.3 is 9.64 Å². The van der Waals surface area contributed by atoms with Crippen LogP contribution in [0.2, 0.25) is 0 Å². The third-order valence-corrected chi connectivity index (χ3v) is 3.82. The van der Waals surface area contributed by atoms with Crippen LogP contribution in [0.4, 0.5) is 0 Å². The Kier molecular flexibility index (Phi) is 5.72.